The minimum Gasteiger partial charge on any atom is -0.302 e. The second-order valence-corrected chi connectivity index (χ2v) is 6.83. The number of rotatable bonds is 3. The molecule has 0 spiro atoms. The largest absolute Gasteiger partial charge is 0.330 e. The Bertz CT molecular complexity index is 955. The molecule has 0 fully saturated rings. The third kappa shape index (κ3) is 2.82. The molecule has 2 rings (SSSR count). The number of benzene rings is 1. The highest BCUT2D eigenvalue weighted by molar-refractivity contribution is 7.92. The van der Waals surface area contributed by atoms with E-state index in [-0.39, 0.29) is 0 Å². The molecule has 1 aromatic carbocycles. The van der Waals surface area contributed by atoms with E-state index in [0.29, 0.717) is 5.69 Å². The van der Waals surface area contributed by atoms with Crippen LogP contribution < -0.4 is 16.0 Å². The second-order valence-electron chi connectivity index (χ2n) is 5.17. The maximum atomic E-state index is 12.5. The van der Waals surface area contributed by atoms with E-state index >= 15 is 0 Å². The molecular formula is C14H17N3O4S. The molecule has 7 nitrogen and oxygen atoms in total. The monoisotopic (exact) mass is 323 g/mol. The van der Waals surface area contributed by atoms with E-state index in [1.807, 2.05) is 13.0 Å². The van der Waals surface area contributed by atoms with Gasteiger partial charge in [-0.3, -0.25) is 14.1 Å². The summed E-state index contributed by atoms with van der Waals surface area (Å²) < 4.78 is 29.1. The number of nitrogens with one attached hydrogen (secondary N) is 1. The first-order valence-corrected chi connectivity index (χ1v) is 7.98. The van der Waals surface area contributed by atoms with E-state index < -0.39 is 26.2 Å². The lowest BCUT2D eigenvalue weighted by molar-refractivity contribution is 0.589. The molecule has 2 aromatic rings. The lowest BCUT2D eigenvalue weighted by atomic mass is 10.1. The third-order valence-electron chi connectivity index (χ3n) is 3.34. The Kier molecular flexibility index (Phi) is 3.97. The number of hydrogen-bond donors (Lipinski definition) is 1. The Balaban J connectivity index is 2.60. The van der Waals surface area contributed by atoms with E-state index in [4.69, 9.17) is 0 Å². The first kappa shape index (κ1) is 16.0. The SMILES string of the molecule is Cc1ccc(C)c(NS(=O)(=O)c2cn(C)c(=O)n(C)c2=O)c1. The van der Waals surface area contributed by atoms with Gasteiger partial charge in [-0.05, 0) is 31.0 Å². The van der Waals surface area contributed by atoms with Gasteiger partial charge in [-0.15, -0.1) is 0 Å². The van der Waals surface area contributed by atoms with Crippen molar-refractivity contribution in [2.24, 2.45) is 14.1 Å². The molecule has 22 heavy (non-hydrogen) atoms. The summed E-state index contributed by atoms with van der Waals surface area (Å²) in [5, 5.41) is 0. The molecule has 0 aliphatic heterocycles. The Morgan fingerprint density at radius 3 is 2.36 bits per heavy atom. The summed E-state index contributed by atoms with van der Waals surface area (Å²) in [6, 6.07) is 5.32. The predicted octanol–water partition coefficient (Wildman–Crippen LogP) is 0.502. The molecule has 0 aliphatic carbocycles. The summed E-state index contributed by atoms with van der Waals surface area (Å²) in [5.41, 5.74) is 0.569. The van der Waals surface area contributed by atoms with Crippen LogP contribution in [0.3, 0.4) is 0 Å². The topological polar surface area (TPSA) is 90.2 Å². The van der Waals surface area contributed by atoms with Gasteiger partial charge in [0.15, 0.2) is 4.90 Å². The molecule has 1 heterocycles. The van der Waals surface area contributed by atoms with Gasteiger partial charge in [-0.25, -0.2) is 13.2 Å². The molecule has 1 N–H and O–H groups in total. The van der Waals surface area contributed by atoms with Gasteiger partial charge in [0.05, 0.1) is 5.69 Å². The highest BCUT2D eigenvalue weighted by atomic mass is 32.2. The van der Waals surface area contributed by atoms with Crippen molar-refractivity contribution in [3.8, 4) is 0 Å². The molecule has 1 aromatic heterocycles. The first-order valence-electron chi connectivity index (χ1n) is 6.50. The van der Waals surface area contributed by atoms with E-state index in [0.717, 1.165) is 26.5 Å². The minimum atomic E-state index is -4.09. The molecule has 0 amide bonds. The van der Waals surface area contributed by atoms with E-state index in [9.17, 15) is 18.0 Å². The van der Waals surface area contributed by atoms with Gasteiger partial charge >= 0.3 is 5.69 Å². The highest BCUT2D eigenvalue weighted by Crippen LogP contribution is 2.19. The zero-order valence-corrected chi connectivity index (χ0v) is 13.6. The Hall–Kier alpha value is -2.35. The molecular weight excluding hydrogens is 306 g/mol. The van der Waals surface area contributed by atoms with Gasteiger partial charge in [0, 0.05) is 20.3 Å². The van der Waals surface area contributed by atoms with Gasteiger partial charge in [-0.1, -0.05) is 12.1 Å². The van der Waals surface area contributed by atoms with Gasteiger partial charge < -0.3 is 4.57 Å². The maximum absolute atomic E-state index is 12.5. The highest BCUT2D eigenvalue weighted by Gasteiger charge is 2.22. The van der Waals surface area contributed by atoms with Crippen molar-refractivity contribution >= 4 is 15.7 Å². The van der Waals surface area contributed by atoms with Gasteiger partial charge in [-0.2, -0.15) is 0 Å². The molecule has 0 unspecified atom stereocenters. The number of hydrogen-bond acceptors (Lipinski definition) is 4. The Labute approximate surface area is 127 Å². The quantitative estimate of drug-likeness (QED) is 0.891. The third-order valence-corrected chi connectivity index (χ3v) is 4.69. The van der Waals surface area contributed by atoms with Crippen molar-refractivity contribution in [1.29, 1.82) is 0 Å². The smallest absolute Gasteiger partial charge is 0.302 e. The summed E-state index contributed by atoms with van der Waals surface area (Å²) in [4.78, 5) is 23.2. The fourth-order valence-corrected chi connectivity index (χ4v) is 3.29. The van der Waals surface area contributed by atoms with E-state index in [1.165, 1.54) is 14.1 Å². The van der Waals surface area contributed by atoms with Crippen molar-refractivity contribution in [3.05, 3.63) is 56.4 Å². The fourth-order valence-electron chi connectivity index (χ4n) is 2.00. The lowest BCUT2D eigenvalue weighted by Gasteiger charge is -2.12. The molecule has 118 valence electrons. The molecule has 0 atom stereocenters. The maximum Gasteiger partial charge on any atom is 0.330 e. The summed E-state index contributed by atoms with van der Waals surface area (Å²) in [6.07, 6.45) is 1.03. The van der Waals surface area contributed by atoms with Crippen molar-refractivity contribution in [2.75, 3.05) is 4.72 Å². The minimum absolute atomic E-state index is 0.399. The zero-order valence-electron chi connectivity index (χ0n) is 12.7. The van der Waals surface area contributed by atoms with Crippen LogP contribution in [0.5, 0.6) is 0 Å². The summed E-state index contributed by atoms with van der Waals surface area (Å²) in [7, 11) is -1.46. The molecule has 0 saturated heterocycles. The Morgan fingerprint density at radius 1 is 1.09 bits per heavy atom. The summed E-state index contributed by atoms with van der Waals surface area (Å²) in [6.45, 7) is 3.60. The van der Waals surface area contributed by atoms with Crippen LogP contribution in [0.4, 0.5) is 5.69 Å². The van der Waals surface area contributed by atoms with Crippen LogP contribution in [0.15, 0.2) is 38.9 Å². The van der Waals surface area contributed by atoms with Crippen molar-refractivity contribution in [1.82, 2.24) is 9.13 Å². The van der Waals surface area contributed by atoms with Crippen LogP contribution in [0.25, 0.3) is 0 Å². The van der Waals surface area contributed by atoms with Crippen molar-refractivity contribution in [3.63, 3.8) is 0 Å². The molecule has 8 heteroatoms. The summed E-state index contributed by atoms with van der Waals surface area (Å²) in [5.74, 6) is 0. The van der Waals surface area contributed by atoms with Crippen LogP contribution >= 0.6 is 0 Å². The number of aryl methyl sites for hydroxylation is 3. The number of aromatic nitrogens is 2. The predicted molar refractivity (Wildman–Crippen MR) is 83.6 cm³/mol. The zero-order chi connectivity index (χ0) is 16.7. The molecule has 0 saturated carbocycles. The Morgan fingerprint density at radius 2 is 1.73 bits per heavy atom. The van der Waals surface area contributed by atoms with E-state index in [2.05, 4.69) is 4.72 Å². The van der Waals surface area contributed by atoms with Crippen LogP contribution in [-0.2, 0) is 24.1 Å². The average Bonchev–Trinajstić information content (AvgIpc) is 2.44. The van der Waals surface area contributed by atoms with Gasteiger partial charge in [0.25, 0.3) is 15.6 Å². The second kappa shape index (κ2) is 5.45. The van der Waals surface area contributed by atoms with Crippen LogP contribution in [0, 0.1) is 13.8 Å². The number of anilines is 1. The summed E-state index contributed by atoms with van der Waals surface area (Å²) >= 11 is 0. The van der Waals surface area contributed by atoms with Crippen molar-refractivity contribution < 1.29 is 8.42 Å². The molecule has 0 aliphatic rings. The van der Waals surface area contributed by atoms with Crippen molar-refractivity contribution in [2.45, 2.75) is 18.7 Å². The van der Waals surface area contributed by atoms with Crippen LogP contribution in [0.2, 0.25) is 0 Å². The van der Waals surface area contributed by atoms with Gasteiger partial charge in [0.2, 0.25) is 0 Å². The van der Waals surface area contributed by atoms with Gasteiger partial charge in [0.1, 0.15) is 0 Å². The average molecular weight is 323 g/mol. The number of sulfonamides is 1. The first-order chi connectivity index (χ1) is 10.1. The van der Waals surface area contributed by atoms with E-state index in [1.54, 1.807) is 19.1 Å². The molecule has 0 bridgehead atoms. The van der Waals surface area contributed by atoms with Crippen LogP contribution in [0.1, 0.15) is 11.1 Å². The fraction of sp³-hybridized carbons (Fsp3) is 0.286. The lowest BCUT2D eigenvalue weighted by Crippen LogP contribution is -2.40. The van der Waals surface area contributed by atoms with Crippen LogP contribution in [-0.4, -0.2) is 17.6 Å². The molecule has 0 radical (unpaired) electrons. The normalized spacial score (nSPS) is 11.5. The number of nitrogens with zero attached hydrogens (tertiary/aromatic N) is 2. The standard InChI is InChI=1S/C14H17N3O4S/c1-9-5-6-10(2)11(7-9)15-22(20,21)12-8-16(3)14(19)17(4)13(12)18/h5-8,15H,1-4H3.